The SMILES string of the molecule is CCCCS(=O)(=O)N1CCC(Cn2nc(C)c(NC(=O)c3cc(C(N)=O)nc4ccccc34)c2C)CC1. The van der Waals surface area contributed by atoms with Gasteiger partial charge in [-0.15, -0.1) is 0 Å². The van der Waals surface area contributed by atoms with Gasteiger partial charge in [0.1, 0.15) is 5.69 Å². The van der Waals surface area contributed by atoms with Crippen molar-refractivity contribution in [2.75, 3.05) is 24.2 Å². The lowest BCUT2D eigenvalue weighted by molar-refractivity contribution is 0.0996. The summed E-state index contributed by atoms with van der Waals surface area (Å²) in [7, 11) is -3.19. The van der Waals surface area contributed by atoms with Crippen LogP contribution in [-0.2, 0) is 16.6 Å². The molecule has 3 aromatic rings. The number of carbonyl (C=O) groups excluding carboxylic acids is 2. The van der Waals surface area contributed by atoms with Crippen molar-refractivity contribution >= 4 is 38.4 Å². The Morgan fingerprint density at radius 3 is 2.54 bits per heavy atom. The molecular weight excluding hydrogens is 492 g/mol. The number of fused-ring (bicyclic) bond motifs is 1. The van der Waals surface area contributed by atoms with Crippen LogP contribution in [0.15, 0.2) is 30.3 Å². The van der Waals surface area contributed by atoms with Crippen LogP contribution in [0.25, 0.3) is 10.9 Å². The number of aromatic nitrogens is 3. The van der Waals surface area contributed by atoms with E-state index in [4.69, 9.17) is 5.73 Å². The third-order valence-corrected chi connectivity index (χ3v) is 8.94. The molecule has 4 rings (SSSR count). The summed E-state index contributed by atoms with van der Waals surface area (Å²) in [4.78, 5) is 29.4. The van der Waals surface area contributed by atoms with Gasteiger partial charge in [-0.05, 0) is 51.2 Å². The fourth-order valence-corrected chi connectivity index (χ4v) is 6.48. The Kier molecular flexibility index (Phi) is 7.93. The highest BCUT2D eigenvalue weighted by Gasteiger charge is 2.28. The highest BCUT2D eigenvalue weighted by molar-refractivity contribution is 7.89. The molecule has 3 N–H and O–H groups in total. The minimum absolute atomic E-state index is 0.0241. The maximum Gasteiger partial charge on any atom is 0.267 e. The number of pyridine rings is 1. The lowest BCUT2D eigenvalue weighted by Gasteiger charge is -2.31. The average Bonchev–Trinajstić information content (AvgIpc) is 3.14. The van der Waals surface area contributed by atoms with Gasteiger partial charge in [-0.2, -0.15) is 5.10 Å². The maximum atomic E-state index is 13.3. The Balaban J connectivity index is 1.48. The summed E-state index contributed by atoms with van der Waals surface area (Å²) in [6.45, 7) is 7.43. The summed E-state index contributed by atoms with van der Waals surface area (Å²) in [5.74, 6) is -0.578. The number of primary amides is 1. The topological polar surface area (TPSA) is 140 Å². The van der Waals surface area contributed by atoms with E-state index in [0.29, 0.717) is 59.8 Å². The monoisotopic (exact) mass is 526 g/mol. The molecule has 0 spiro atoms. The van der Waals surface area contributed by atoms with Gasteiger partial charge in [0.15, 0.2) is 0 Å². The maximum absolute atomic E-state index is 13.3. The molecule has 1 aromatic carbocycles. The predicted molar refractivity (Wildman–Crippen MR) is 143 cm³/mol. The zero-order valence-corrected chi connectivity index (χ0v) is 22.3. The Hall–Kier alpha value is -3.31. The second-order valence-electron chi connectivity index (χ2n) is 9.63. The number of sulfonamides is 1. The molecule has 3 heterocycles. The summed E-state index contributed by atoms with van der Waals surface area (Å²) in [6.07, 6.45) is 3.08. The van der Waals surface area contributed by atoms with Crippen molar-refractivity contribution in [3.63, 3.8) is 0 Å². The van der Waals surface area contributed by atoms with Crippen LogP contribution in [0.2, 0.25) is 0 Å². The Bertz CT molecular complexity index is 1420. The molecule has 1 aliphatic rings. The number of hydrogen-bond acceptors (Lipinski definition) is 6. The molecule has 1 aliphatic heterocycles. The van der Waals surface area contributed by atoms with Crippen molar-refractivity contribution in [1.82, 2.24) is 19.1 Å². The van der Waals surface area contributed by atoms with E-state index in [0.717, 1.165) is 25.0 Å². The second kappa shape index (κ2) is 11.0. The molecule has 10 nitrogen and oxygen atoms in total. The van der Waals surface area contributed by atoms with E-state index in [1.54, 1.807) is 28.6 Å². The first-order chi connectivity index (χ1) is 17.6. The highest BCUT2D eigenvalue weighted by Crippen LogP contribution is 2.27. The van der Waals surface area contributed by atoms with Gasteiger partial charge in [0, 0.05) is 25.0 Å². The van der Waals surface area contributed by atoms with E-state index < -0.39 is 15.9 Å². The van der Waals surface area contributed by atoms with E-state index >= 15 is 0 Å². The van der Waals surface area contributed by atoms with Crippen LogP contribution in [0, 0.1) is 19.8 Å². The highest BCUT2D eigenvalue weighted by atomic mass is 32.2. The van der Waals surface area contributed by atoms with Gasteiger partial charge in [-0.1, -0.05) is 31.5 Å². The van der Waals surface area contributed by atoms with Crippen molar-refractivity contribution < 1.29 is 18.0 Å². The summed E-state index contributed by atoms with van der Waals surface area (Å²) in [5, 5.41) is 8.24. The van der Waals surface area contributed by atoms with Crippen molar-refractivity contribution in [3.05, 3.63) is 53.0 Å². The smallest absolute Gasteiger partial charge is 0.267 e. The number of piperidine rings is 1. The first-order valence-corrected chi connectivity index (χ1v) is 14.2. The summed E-state index contributed by atoms with van der Waals surface area (Å²) < 4.78 is 28.5. The van der Waals surface area contributed by atoms with Gasteiger partial charge in [0.25, 0.3) is 11.8 Å². The number of nitrogens with one attached hydrogen (secondary N) is 1. The van der Waals surface area contributed by atoms with E-state index in [2.05, 4.69) is 15.4 Å². The van der Waals surface area contributed by atoms with Crippen LogP contribution in [0.3, 0.4) is 0 Å². The van der Waals surface area contributed by atoms with E-state index in [-0.39, 0.29) is 17.4 Å². The van der Waals surface area contributed by atoms with Gasteiger partial charge in [-0.3, -0.25) is 14.3 Å². The summed E-state index contributed by atoms with van der Waals surface area (Å²) in [6, 6.07) is 8.51. The lowest BCUT2D eigenvalue weighted by Crippen LogP contribution is -2.40. The fourth-order valence-electron chi connectivity index (χ4n) is 4.80. The third kappa shape index (κ3) is 5.83. The summed E-state index contributed by atoms with van der Waals surface area (Å²) in [5.41, 5.74) is 8.39. The zero-order valence-electron chi connectivity index (χ0n) is 21.5. The molecule has 0 bridgehead atoms. The van der Waals surface area contributed by atoms with Crippen LogP contribution in [-0.4, -0.2) is 58.1 Å². The van der Waals surface area contributed by atoms with Crippen LogP contribution in [0.1, 0.15) is 64.8 Å². The first kappa shape index (κ1) is 26.7. The number of amides is 2. The molecule has 0 atom stereocenters. The number of benzene rings is 1. The molecule has 2 amide bonds. The predicted octanol–water partition coefficient (Wildman–Crippen LogP) is 3.24. The number of carbonyl (C=O) groups is 2. The lowest BCUT2D eigenvalue weighted by atomic mass is 9.98. The average molecular weight is 527 g/mol. The molecule has 0 unspecified atom stereocenters. The van der Waals surface area contributed by atoms with Crippen molar-refractivity contribution in [3.8, 4) is 0 Å². The minimum Gasteiger partial charge on any atom is -0.364 e. The fraction of sp³-hybridized carbons (Fsp3) is 0.462. The second-order valence-corrected chi connectivity index (χ2v) is 11.7. The number of anilines is 1. The Labute approximate surface area is 217 Å². The van der Waals surface area contributed by atoms with Gasteiger partial charge >= 0.3 is 0 Å². The molecule has 11 heteroatoms. The van der Waals surface area contributed by atoms with Crippen molar-refractivity contribution in [2.24, 2.45) is 11.7 Å². The van der Waals surface area contributed by atoms with Crippen LogP contribution in [0.4, 0.5) is 5.69 Å². The number of nitrogens with two attached hydrogens (primary N) is 1. The van der Waals surface area contributed by atoms with E-state index in [1.165, 1.54) is 6.07 Å². The van der Waals surface area contributed by atoms with Gasteiger partial charge in [0.05, 0.1) is 33.9 Å². The third-order valence-electron chi connectivity index (χ3n) is 6.99. The van der Waals surface area contributed by atoms with Crippen LogP contribution >= 0.6 is 0 Å². The van der Waals surface area contributed by atoms with Crippen LogP contribution in [0.5, 0.6) is 0 Å². The minimum atomic E-state index is -3.19. The van der Waals surface area contributed by atoms with Gasteiger partial charge in [-0.25, -0.2) is 17.7 Å². The van der Waals surface area contributed by atoms with Crippen LogP contribution < -0.4 is 11.1 Å². The van der Waals surface area contributed by atoms with Crippen molar-refractivity contribution in [2.45, 2.75) is 53.0 Å². The van der Waals surface area contributed by atoms with Crippen molar-refractivity contribution in [1.29, 1.82) is 0 Å². The number of para-hydroxylation sites is 1. The Morgan fingerprint density at radius 2 is 1.86 bits per heavy atom. The normalized spacial score (nSPS) is 15.2. The number of nitrogens with zero attached hydrogens (tertiary/aromatic N) is 4. The molecule has 0 aliphatic carbocycles. The van der Waals surface area contributed by atoms with Gasteiger partial charge < -0.3 is 11.1 Å². The Morgan fingerprint density at radius 1 is 1.16 bits per heavy atom. The van der Waals surface area contributed by atoms with E-state index in [9.17, 15) is 18.0 Å². The quantitative estimate of drug-likeness (QED) is 0.439. The molecular formula is C26H34N6O4S. The molecule has 1 saturated heterocycles. The number of aryl methyl sites for hydroxylation is 1. The number of rotatable bonds is 9. The standard InChI is InChI=1S/C26H34N6O4S/c1-4-5-14-37(35,36)31-12-10-19(11-13-31)16-32-18(3)24(17(2)30-32)29-26(34)21-15-23(25(27)33)28-22-9-7-6-8-20(21)22/h6-9,15,19H,4-5,10-14,16H2,1-3H3,(H2,27,33)(H,29,34). The number of hydrogen-bond donors (Lipinski definition) is 2. The molecule has 0 saturated carbocycles. The zero-order chi connectivity index (χ0) is 26.7. The molecule has 1 fully saturated rings. The molecule has 0 radical (unpaired) electrons. The summed E-state index contributed by atoms with van der Waals surface area (Å²) >= 11 is 0. The molecule has 198 valence electrons. The first-order valence-electron chi connectivity index (χ1n) is 12.6. The molecule has 2 aromatic heterocycles. The largest absolute Gasteiger partial charge is 0.364 e. The van der Waals surface area contributed by atoms with E-state index in [1.807, 2.05) is 25.5 Å². The number of unbranched alkanes of at least 4 members (excludes halogenated alkanes) is 1. The van der Waals surface area contributed by atoms with Gasteiger partial charge in [0.2, 0.25) is 10.0 Å². The molecule has 37 heavy (non-hydrogen) atoms.